The molecule has 0 aliphatic heterocycles. The molecule has 0 radical (unpaired) electrons. The Kier molecular flexibility index (Phi) is 3.23. The van der Waals surface area contributed by atoms with Crippen molar-refractivity contribution in [3.05, 3.63) is 42.0 Å². The Bertz CT molecular complexity index is 846. The van der Waals surface area contributed by atoms with Gasteiger partial charge in [0, 0.05) is 5.39 Å². The molecule has 1 aliphatic carbocycles. The number of nitrogens with zero attached hydrogens (tertiary/aromatic N) is 1. The van der Waals surface area contributed by atoms with Gasteiger partial charge in [-0.2, -0.15) is 9.98 Å². The van der Waals surface area contributed by atoms with Crippen LogP contribution in [0.2, 0.25) is 0 Å². The van der Waals surface area contributed by atoms with Gasteiger partial charge in [-0.25, -0.2) is 8.42 Å². The van der Waals surface area contributed by atoms with Crippen molar-refractivity contribution < 1.29 is 8.42 Å². The molecule has 3 rings (SSSR count). The molecule has 5 heteroatoms. The molecule has 0 unspecified atom stereocenters. The molecule has 0 aromatic heterocycles. The first-order valence-corrected chi connectivity index (χ1v) is 8.45. The van der Waals surface area contributed by atoms with Gasteiger partial charge in [-0.3, -0.25) is 0 Å². The number of nitriles is 1. The molecule has 0 spiro atoms. The summed E-state index contributed by atoms with van der Waals surface area (Å²) >= 11 is 0. The molecule has 1 fully saturated rings. The Morgan fingerprint density at radius 2 is 1.86 bits per heavy atom. The van der Waals surface area contributed by atoms with Crippen molar-refractivity contribution in [3.63, 3.8) is 0 Å². The second-order valence-electron chi connectivity index (χ2n) is 5.42. The third kappa shape index (κ3) is 2.41. The van der Waals surface area contributed by atoms with Gasteiger partial charge in [0.05, 0.1) is 11.0 Å². The monoisotopic (exact) mass is 300 g/mol. The van der Waals surface area contributed by atoms with Crippen molar-refractivity contribution in [1.82, 2.24) is 4.72 Å². The minimum absolute atomic E-state index is 0.247. The van der Waals surface area contributed by atoms with Crippen molar-refractivity contribution in [2.24, 2.45) is 0 Å². The van der Waals surface area contributed by atoms with Crippen LogP contribution >= 0.6 is 0 Å². The highest BCUT2D eigenvalue weighted by Gasteiger charge is 2.47. The van der Waals surface area contributed by atoms with Gasteiger partial charge in [0.1, 0.15) is 5.54 Å². The van der Waals surface area contributed by atoms with Crippen LogP contribution in [-0.2, 0) is 16.4 Å². The van der Waals surface area contributed by atoms with Crippen LogP contribution in [0.5, 0.6) is 0 Å². The first kappa shape index (κ1) is 14.1. The van der Waals surface area contributed by atoms with E-state index in [4.69, 9.17) is 5.26 Å². The standard InChI is InChI=1S/C16H16N2O2S/c1-2-12-7-8-15(14-6-4-3-5-13(12)14)21(19,20)18-16(11-17)9-10-16/h3-8,18H,2,9-10H2,1H3. The lowest BCUT2D eigenvalue weighted by Gasteiger charge is -2.14. The molecule has 0 saturated heterocycles. The van der Waals surface area contributed by atoms with E-state index in [2.05, 4.69) is 10.8 Å². The SMILES string of the molecule is CCc1ccc(S(=O)(=O)NC2(C#N)CC2)c2ccccc12. The Balaban J connectivity index is 2.15. The van der Waals surface area contributed by atoms with Crippen molar-refractivity contribution in [2.75, 3.05) is 0 Å². The quantitative estimate of drug-likeness (QED) is 0.944. The average molecular weight is 300 g/mol. The van der Waals surface area contributed by atoms with Gasteiger partial charge >= 0.3 is 0 Å². The summed E-state index contributed by atoms with van der Waals surface area (Å²) in [6, 6.07) is 13.0. The lowest BCUT2D eigenvalue weighted by atomic mass is 10.0. The van der Waals surface area contributed by atoms with E-state index >= 15 is 0 Å². The van der Waals surface area contributed by atoms with E-state index in [1.807, 2.05) is 37.3 Å². The predicted octanol–water partition coefficient (Wildman–Crippen LogP) is 2.74. The molecule has 1 saturated carbocycles. The fraction of sp³-hybridized carbons (Fsp3) is 0.312. The van der Waals surface area contributed by atoms with Crippen molar-refractivity contribution in [2.45, 2.75) is 36.6 Å². The topological polar surface area (TPSA) is 70.0 Å². The predicted molar refractivity (Wildman–Crippen MR) is 81.2 cm³/mol. The van der Waals surface area contributed by atoms with Gasteiger partial charge < -0.3 is 0 Å². The number of benzene rings is 2. The Morgan fingerprint density at radius 1 is 1.19 bits per heavy atom. The zero-order chi connectivity index (χ0) is 15.1. The third-order valence-corrected chi connectivity index (χ3v) is 5.53. The molecule has 2 aromatic carbocycles. The molecule has 1 N–H and O–H groups in total. The largest absolute Gasteiger partial charge is 0.242 e. The number of rotatable bonds is 4. The molecular weight excluding hydrogens is 284 g/mol. The van der Waals surface area contributed by atoms with Crippen LogP contribution < -0.4 is 4.72 Å². The van der Waals surface area contributed by atoms with Crippen LogP contribution in [0, 0.1) is 11.3 Å². The molecule has 0 bridgehead atoms. The summed E-state index contributed by atoms with van der Waals surface area (Å²) in [5, 5.41) is 10.7. The Labute approximate surface area is 124 Å². The maximum atomic E-state index is 12.6. The highest BCUT2D eigenvalue weighted by atomic mass is 32.2. The van der Waals surface area contributed by atoms with Crippen molar-refractivity contribution in [1.29, 1.82) is 5.26 Å². The number of aryl methyl sites for hydroxylation is 1. The van der Waals surface area contributed by atoms with E-state index in [9.17, 15) is 8.42 Å². The van der Waals surface area contributed by atoms with Gasteiger partial charge in [-0.15, -0.1) is 0 Å². The van der Waals surface area contributed by atoms with E-state index in [-0.39, 0.29) is 4.90 Å². The van der Waals surface area contributed by atoms with Gasteiger partial charge in [0.15, 0.2) is 0 Å². The molecule has 21 heavy (non-hydrogen) atoms. The zero-order valence-corrected chi connectivity index (χ0v) is 12.6. The summed E-state index contributed by atoms with van der Waals surface area (Å²) in [6.07, 6.45) is 2.00. The van der Waals surface area contributed by atoms with Gasteiger partial charge in [-0.1, -0.05) is 37.3 Å². The fourth-order valence-corrected chi connectivity index (χ4v) is 4.14. The van der Waals surface area contributed by atoms with E-state index in [0.29, 0.717) is 18.2 Å². The minimum atomic E-state index is -3.69. The van der Waals surface area contributed by atoms with Crippen molar-refractivity contribution >= 4 is 20.8 Å². The van der Waals surface area contributed by atoms with Gasteiger partial charge in [-0.05, 0) is 36.3 Å². The van der Waals surface area contributed by atoms with E-state index in [1.165, 1.54) is 0 Å². The molecule has 1 aliphatic rings. The first-order chi connectivity index (χ1) is 10.0. The molecule has 4 nitrogen and oxygen atoms in total. The lowest BCUT2D eigenvalue weighted by Crippen LogP contribution is -2.35. The van der Waals surface area contributed by atoms with E-state index in [1.54, 1.807) is 6.07 Å². The van der Waals surface area contributed by atoms with E-state index < -0.39 is 15.6 Å². The summed E-state index contributed by atoms with van der Waals surface area (Å²) in [5.41, 5.74) is 0.217. The second-order valence-corrected chi connectivity index (χ2v) is 7.07. The van der Waals surface area contributed by atoms with Crippen LogP contribution in [0.25, 0.3) is 10.8 Å². The molecule has 108 valence electrons. The normalized spacial score (nSPS) is 16.6. The van der Waals surface area contributed by atoms with Crippen LogP contribution in [0.15, 0.2) is 41.3 Å². The Hall–Kier alpha value is -1.90. The first-order valence-electron chi connectivity index (χ1n) is 6.97. The van der Waals surface area contributed by atoms with Crippen molar-refractivity contribution in [3.8, 4) is 6.07 Å². The molecule has 0 atom stereocenters. The highest BCUT2D eigenvalue weighted by Crippen LogP contribution is 2.37. The highest BCUT2D eigenvalue weighted by molar-refractivity contribution is 7.89. The fourth-order valence-electron chi connectivity index (χ4n) is 2.55. The van der Waals surface area contributed by atoms with Crippen LogP contribution in [-0.4, -0.2) is 14.0 Å². The zero-order valence-electron chi connectivity index (χ0n) is 11.8. The number of hydrogen-bond acceptors (Lipinski definition) is 3. The molecular formula is C16H16N2O2S. The summed E-state index contributed by atoms with van der Waals surface area (Å²) in [5.74, 6) is 0. The summed E-state index contributed by atoms with van der Waals surface area (Å²) in [4.78, 5) is 0.247. The number of sulfonamides is 1. The van der Waals surface area contributed by atoms with Crippen LogP contribution in [0.1, 0.15) is 25.3 Å². The van der Waals surface area contributed by atoms with E-state index in [0.717, 1.165) is 17.4 Å². The van der Waals surface area contributed by atoms with Gasteiger partial charge in [0.25, 0.3) is 0 Å². The van der Waals surface area contributed by atoms with Crippen LogP contribution in [0.3, 0.4) is 0 Å². The number of hydrogen-bond donors (Lipinski definition) is 1. The maximum absolute atomic E-state index is 12.6. The van der Waals surface area contributed by atoms with Crippen LogP contribution in [0.4, 0.5) is 0 Å². The molecule has 0 amide bonds. The number of nitrogens with one attached hydrogen (secondary N) is 1. The number of fused-ring (bicyclic) bond motifs is 1. The maximum Gasteiger partial charge on any atom is 0.242 e. The smallest absolute Gasteiger partial charge is 0.207 e. The average Bonchev–Trinajstić information content (AvgIpc) is 3.25. The van der Waals surface area contributed by atoms with Gasteiger partial charge in [0.2, 0.25) is 10.0 Å². The summed E-state index contributed by atoms with van der Waals surface area (Å²) in [6.45, 7) is 2.04. The minimum Gasteiger partial charge on any atom is -0.207 e. The second kappa shape index (κ2) is 4.83. The third-order valence-electron chi connectivity index (χ3n) is 3.94. The Morgan fingerprint density at radius 3 is 2.43 bits per heavy atom. The molecule has 0 heterocycles. The summed E-state index contributed by atoms with van der Waals surface area (Å²) < 4.78 is 27.7. The molecule has 2 aromatic rings. The summed E-state index contributed by atoms with van der Waals surface area (Å²) in [7, 11) is -3.69. The lowest BCUT2D eigenvalue weighted by molar-refractivity contribution is 0.572.